The van der Waals surface area contributed by atoms with Gasteiger partial charge in [-0.25, -0.2) is 9.59 Å². The van der Waals surface area contributed by atoms with Crippen LogP contribution in [0.1, 0.15) is 24.2 Å². The van der Waals surface area contributed by atoms with Gasteiger partial charge in [0.25, 0.3) is 11.6 Å². The second-order valence-electron chi connectivity index (χ2n) is 4.42. The van der Waals surface area contributed by atoms with Gasteiger partial charge < -0.3 is 15.8 Å². The zero-order valence-corrected chi connectivity index (χ0v) is 12.5. The second kappa shape index (κ2) is 7.73. The van der Waals surface area contributed by atoms with E-state index in [0.717, 1.165) is 18.2 Å². The standard InChI is InChI=1S/C13H16N4O6/c1-3-15-13(20)16-11(18)7(2)23-12(19)9-5-4-8(17(21)22)6-10(9)14/h4-7H,3,14H2,1-2H3,(H2,15,16,18,20). The van der Waals surface area contributed by atoms with E-state index < -0.39 is 28.9 Å². The van der Waals surface area contributed by atoms with Gasteiger partial charge in [0.15, 0.2) is 6.10 Å². The lowest BCUT2D eigenvalue weighted by molar-refractivity contribution is -0.384. The summed E-state index contributed by atoms with van der Waals surface area (Å²) in [6.07, 6.45) is -1.25. The highest BCUT2D eigenvalue weighted by Gasteiger charge is 2.22. The quantitative estimate of drug-likeness (QED) is 0.309. The lowest BCUT2D eigenvalue weighted by atomic mass is 10.1. The Hall–Kier alpha value is -3.17. The van der Waals surface area contributed by atoms with Gasteiger partial charge in [0.2, 0.25) is 0 Å². The molecule has 10 heteroatoms. The summed E-state index contributed by atoms with van der Waals surface area (Å²) >= 11 is 0. The van der Waals surface area contributed by atoms with Gasteiger partial charge in [-0.3, -0.25) is 20.2 Å². The Morgan fingerprint density at radius 1 is 1.39 bits per heavy atom. The maximum absolute atomic E-state index is 11.9. The number of carbonyl (C=O) groups excluding carboxylic acids is 3. The summed E-state index contributed by atoms with van der Waals surface area (Å²) < 4.78 is 4.88. The molecule has 0 saturated carbocycles. The fourth-order valence-electron chi connectivity index (χ4n) is 1.55. The summed E-state index contributed by atoms with van der Waals surface area (Å²) in [5, 5.41) is 14.9. The topological polar surface area (TPSA) is 154 Å². The number of amides is 3. The highest BCUT2D eigenvalue weighted by atomic mass is 16.6. The molecule has 0 heterocycles. The highest BCUT2D eigenvalue weighted by molar-refractivity contribution is 6.00. The average Bonchev–Trinajstić information content (AvgIpc) is 2.46. The van der Waals surface area contributed by atoms with Crippen molar-refractivity contribution in [2.24, 2.45) is 0 Å². The number of nitrogen functional groups attached to an aromatic ring is 1. The molecule has 0 saturated heterocycles. The molecule has 1 rings (SSSR count). The first-order valence-electron chi connectivity index (χ1n) is 6.59. The van der Waals surface area contributed by atoms with Crippen molar-refractivity contribution in [3.05, 3.63) is 33.9 Å². The number of nitrogens with two attached hydrogens (primary N) is 1. The van der Waals surface area contributed by atoms with Gasteiger partial charge in [0.05, 0.1) is 16.2 Å². The molecule has 0 bridgehead atoms. The Kier molecular flexibility index (Phi) is 6.01. The molecule has 0 spiro atoms. The van der Waals surface area contributed by atoms with Crippen molar-refractivity contribution < 1.29 is 24.0 Å². The van der Waals surface area contributed by atoms with E-state index in [1.165, 1.54) is 6.92 Å². The van der Waals surface area contributed by atoms with Gasteiger partial charge in [0, 0.05) is 18.7 Å². The number of urea groups is 1. The van der Waals surface area contributed by atoms with Crippen LogP contribution in [0.4, 0.5) is 16.2 Å². The van der Waals surface area contributed by atoms with Crippen LogP contribution in [0.5, 0.6) is 0 Å². The molecule has 1 aromatic carbocycles. The molecule has 0 aliphatic heterocycles. The SMILES string of the molecule is CCNC(=O)NC(=O)C(C)OC(=O)c1ccc([N+](=O)[O-])cc1N. The van der Waals surface area contributed by atoms with Crippen molar-refractivity contribution in [2.45, 2.75) is 20.0 Å². The first kappa shape index (κ1) is 17.9. The van der Waals surface area contributed by atoms with Crippen LogP contribution in [-0.4, -0.2) is 35.5 Å². The van der Waals surface area contributed by atoms with Crippen LogP contribution in [0.25, 0.3) is 0 Å². The van der Waals surface area contributed by atoms with Crippen LogP contribution in [0, 0.1) is 10.1 Å². The van der Waals surface area contributed by atoms with Crippen LogP contribution in [0.3, 0.4) is 0 Å². The molecule has 3 amide bonds. The summed E-state index contributed by atoms with van der Waals surface area (Å²) in [5.41, 5.74) is 5.02. The fourth-order valence-corrected chi connectivity index (χ4v) is 1.55. The number of benzene rings is 1. The maximum Gasteiger partial charge on any atom is 0.341 e. The van der Waals surface area contributed by atoms with E-state index >= 15 is 0 Å². The van der Waals surface area contributed by atoms with Crippen LogP contribution >= 0.6 is 0 Å². The van der Waals surface area contributed by atoms with E-state index in [1.807, 2.05) is 5.32 Å². The average molecular weight is 324 g/mol. The zero-order valence-electron chi connectivity index (χ0n) is 12.5. The number of nitro benzene ring substituents is 1. The van der Waals surface area contributed by atoms with Gasteiger partial charge >= 0.3 is 12.0 Å². The molecular weight excluding hydrogens is 308 g/mol. The van der Waals surface area contributed by atoms with Crippen molar-refractivity contribution in [1.82, 2.24) is 10.6 Å². The third kappa shape index (κ3) is 4.95. The van der Waals surface area contributed by atoms with E-state index in [1.54, 1.807) is 6.92 Å². The number of hydrogen-bond acceptors (Lipinski definition) is 7. The van der Waals surface area contributed by atoms with E-state index in [4.69, 9.17) is 10.5 Å². The number of hydrogen-bond donors (Lipinski definition) is 3. The van der Waals surface area contributed by atoms with Crippen LogP contribution in [-0.2, 0) is 9.53 Å². The smallest absolute Gasteiger partial charge is 0.341 e. The van der Waals surface area contributed by atoms with E-state index in [2.05, 4.69) is 5.32 Å². The number of imide groups is 1. The zero-order chi connectivity index (χ0) is 17.6. The summed E-state index contributed by atoms with van der Waals surface area (Å²) in [6, 6.07) is 2.52. The van der Waals surface area contributed by atoms with Crippen LogP contribution in [0.2, 0.25) is 0 Å². The summed E-state index contributed by atoms with van der Waals surface area (Å²) in [5.74, 6) is -1.75. The number of ether oxygens (including phenoxy) is 1. The number of esters is 1. The molecule has 0 aliphatic carbocycles. The molecule has 0 aliphatic rings. The van der Waals surface area contributed by atoms with Gasteiger partial charge in [0.1, 0.15) is 0 Å². The minimum absolute atomic E-state index is 0.117. The molecular formula is C13H16N4O6. The summed E-state index contributed by atoms with van der Waals surface area (Å²) in [7, 11) is 0. The predicted molar refractivity (Wildman–Crippen MR) is 79.6 cm³/mol. The maximum atomic E-state index is 11.9. The van der Waals surface area contributed by atoms with Crippen LogP contribution in [0.15, 0.2) is 18.2 Å². The largest absolute Gasteiger partial charge is 0.449 e. The van der Waals surface area contributed by atoms with Crippen molar-refractivity contribution in [1.29, 1.82) is 0 Å². The number of anilines is 1. The predicted octanol–water partition coefficient (Wildman–Crippen LogP) is 0.568. The minimum atomic E-state index is -1.25. The van der Waals surface area contributed by atoms with Crippen LogP contribution < -0.4 is 16.4 Å². The fraction of sp³-hybridized carbons (Fsp3) is 0.308. The van der Waals surface area contributed by atoms with Crippen molar-refractivity contribution in [2.75, 3.05) is 12.3 Å². The molecule has 0 radical (unpaired) electrons. The van der Waals surface area contributed by atoms with E-state index in [-0.39, 0.29) is 16.9 Å². The normalized spacial score (nSPS) is 11.2. The summed E-state index contributed by atoms with van der Waals surface area (Å²) in [6.45, 7) is 3.27. The molecule has 23 heavy (non-hydrogen) atoms. The number of nitro groups is 1. The molecule has 124 valence electrons. The number of rotatable bonds is 5. The summed E-state index contributed by atoms with van der Waals surface area (Å²) in [4.78, 5) is 44.7. The second-order valence-corrected chi connectivity index (χ2v) is 4.42. The monoisotopic (exact) mass is 324 g/mol. The Bertz CT molecular complexity index is 645. The van der Waals surface area contributed by atoms with Crippen molar-refractivity contribution >= 4 is 29.3 Å². The minimum Gasteiger partial charge on any atom is -0.449 e. The van der Waals surface area contributed by atoms with Gasteiger partial charge in [-0.15, -0.1) is 0 Å². The molecule has 0 fully saturated rings. The molecule has 1 unspecified atom stereocenters. The number of non-ortho nitro benzene ring substituents is 1. The lowest BCUT2D eigenvalue weighted by Crippen LogP contribution is -2.44. The van der Waals surface area contributed by atoms with Gasteiger partial charge in [-0.1, -0.05) is 0 Å². The van der Waals surface area contributed by atoms with E-state index in [0.29, 0.717) is 6.54 Å². The number of nitrogens with one attached hydrogen (secondary N) is 2. The van der Waals surface area contributed by atoms with Crippen molar-refractivity contribution in [3.63, 3.8) is 0 Å². The van der Waals surface area contributed by atoms with Gasteiger partial charge in [-0.05, 0) is 19.9 Å². The number of carbonyl (C=O) groups is 3. The van der Waals surface area contributed by atoms with Gasteiger partial charge in [-0.2, -0.15) is 0 Å². The number of nitrogens with zero attached hydrogens (tertiary/aromatic N) is 1. The Balaban J connectivity index is 2.73. The lowest BCUT2D eigenvalue weighted by Gasteiger charge is -2.13. The third-order valence-electron chi connectivity index (χ3n) is 2.69. The molecule has 10 nitrogen and oxygen atoms in total. The van der Waals surface area contributed by atoms with E-state index in [9.17, 15) is 24.5 Å². The first-order chi connectivity index (χ1) is 10.8. The molecule has 1 atom stereocenters. The molecule has 0 aromatic heterocycles. The molecule has 4 N–H and O–H groups in total. The Morgan fingerprint density at radius 2 is 2.04 bits per heavy atom. The van der Waals surface area contributed by atoms with Crippen molar-refractivity contribution in [3.8, 4) is 0 Å². The third-order valence-corrected chi connectivity index (χ3v) is 2.69. The Morgan fingerprint density at radius 3 is 2.57 bits per heavy atom. The highest BCUT2D eigenvalue weighted by Crippen LogP contribution is 2.20. The first-order valence-corrected chi connectivity index (χ1v) is 6.59. The Labute approximate surface area is 131 Å². The molecule has 1 aromatic rings.